The summed E-state index contributed by atoms with van der Waals surface area (Å²) in [7, 11) is 3.71. The highest BCUT2D eigenvalue weighted by Gasteiger charge is 2.14. The zero-order chi connectivity index (χ0) is 16.0. The van der Waals surface area contributed by atoms with Crippen molar-refractivity contribution in [2.45, 2.75) is 40.3 Å². The molecule has 1 aromatic rings. The molecule has 0 saturated carbocycles. The lowest BCUT2D eigenvalue weighted by Gasteiger charge is -2.23. The molecule has 1 amide bonds. The van der Waals surface area contributed by atoms with Gasteiger partial charge in [-0.1, -0.05) is 26.8 Å². The molecule has 1 atom stereocenters. The van der Waals surface area contributed by atoms with Crippen LogP contribution in [0.1, 0.15) is 31.9 Å². The van der Waals surface area contributed by atoms with E-state index in [0.717, 1.165) is 12.2 Å². The predicted octanol–water partition coefficient (Wildman–Crippen LogP) is 2.31. The molecular formula is C17H29N3O. The molecule has 0 aliphatic carbocycles. The van der Waals surface area contributed by atoms with E-state index >= 15 is 0 Å². The van der Waals surface area contributed by atoms with Crippen LogP contribution < -0.4 is 15.5 Å². The van der Waals surface area contributed by atoms with Crippen molar-refractivity contribution in [2.75, 3.05) is 25.5 Å². The molecule has 1 unspecified atom stereocenters. The third kappa shape index (κ3) is 5.38. The Morgan fingerprint density at radius 2 is 1.95 bits per heavy atom. The summed E-state index contributed by atoms with van der Waals surface area (Å²) < 4.78 is 0. The van der Waals surface area contributed by atoms with Gasteiger partial charge in [0.1, 0.15) is 0 Å². The molecule has 0 aromatic heterocycles. The zero-order valence-electron chi connectivity index (χ0n) is 14.2. The van der Waals surface area contributed by atoms with E-state index in [0.29, 0.717) is 12.6 Å². The number of anilines is 1. The molecule has 0 saturated heterocycles. The Bertz CT molecular complexity index is 471. The second-order valence-corrected chi connectivity index (χ2v) is 6.04. The van der Waals surface area contributed by atoms with E-state index < -0.39 is 0 Å². The van der Waals surface area contributed by atoms with Gasteiger partial charge in [0.2, 0.25) is 5.91 Å². The third-order valence-corrected chi connectivity index (χ3v) is 3.71. The number of benzene rings is 1. The number of carbonyl (C=O) groups is 1. The second kappa shape index (κ2) is 8.03. The van der Waals surface area contributed by atoms with E-state index in [9.17, 15) is 4.79 Å². The molecule has 21 heavy (non-hydrogen) atoms. The molecule has 4 nitrogen and oxygen atoms in total. The SMILES string of the molecule is CNC(=O)C(C)CN(C)c1ccc(CNC(C)C)c(C)c1. The first kappa shape index (κ1) is 17.5. The fourth-order valence-corrected chi connectivity index (χ4v) is 2.28. The second-order valence-electron chi connectivity index (χ2n) is 6.04. The number of hydrogen-bond donors (Lipinski definition) is 2. The van der Waals surface area contributed by atoms with Gasteiger partial charge < -0.3 is 15.5 Å². The van der Waals surface area contributed by atoms with E-state index in [2.05, 4.69) is 54.5 Å². The standard InChI is InChI=1S/C17H29N3O/c1-12(2)19-10-15-7-8-16(9-13(15)3)20(6)11-14(4)17(21)18-5/h7-9,12,14,19H,10-11H2,1-6H3,(H,18,21). The maximum atomic E-state index is 11.6. The number of carbonyl (C=O) groups excluding carboxylic acids is 1. The van der Waals surface area contributed by atoms with Crippen LogP contribution >= 0.6 is 0 Å². The van der Waals surface area contributed by atoms with Crippen LogP contribution in [-0.2, 0) is 11.3 Å². The minimum atomic E-state index is -0.0254. The van der Waals surface area contributed by atoms with Gasteiger partial charge in [-0.05, 0) is 30.2 Å². The largest absolute Gasteiger partial charge is 0.374 e. The average Bonchev–Trinajstić information content (AvgIpc) is 2.44. The fourth-order valence-electron chi connectivity index (χ4n) is 2.28. The normalized spacial score (nSPS) is 12.3. The molecule has 0 spiro atoms. The van der Waals surface area contributed by atoms with Gasteiger partial charge in [0.25, 0.3) is 0 Å². The lowest BCUT2D eigenvalue weighted by Crippen LogP contribution is -2.34. The van der Waals surface area contributed by atoms with Crippen molar-refractivity contribution >= 4 is 11.6 Å². The summed E-state index contributed by atoms with van der Waals surface area (Å²) in [5.41, 5.74) is 3.75. The maximum absolute atomic E-state index is 11.6. The third-order valence-electron chi connectivity index (χ3n) is 3.71. The summed E-state index contributed by atoms with van der Waals surface area (Å²) >= 11 is 0. The molecule has 1 aromatic carbocycles. The van der Waals surface area contributed by atoms with Gasteiger partial charge in [-0.2, -0.15) is 0 Å². The van der Waals surface area contributed by atoms with Crippen LogP contribution in [0.2, 0.25) is 0 Å². The van der Waals surface area contributed by atoms with Crippen molar-refractivity contribution in [3.8, 4) is 0 Å². The number of rotatable bonds is 7. The minimum absolute atomic E-state index is 0.0254. The first-order valence-corrected chi connectivity index (χ1v) is 7.60. The minimum Gasteiger partial charge on any atom is -0.374 e. The van der Waals surface area contributed by atoms with Gasteiger partial charge in [-0.15, -0.1) is 0 Å². The molecule has 0 heterocycles. The summed E-state index contributed by atoms with van der Waals surface area (Å²) in [4.78, 5) is 13.7. The molecule has 118 valence electrons. The first-order chi connectivity index (χ1) is 9.85. The molecule has 1 rings (SSSR count). The summed E-state index contributed by atoms with van der Waals surface area (Å²) in [5, 5.41) is 6.13. The Morgan fingerprint density at radius 3 is 2.48 bits per heavy atom. The fraction of sp³-hybridized carbons (Fsp3) is 0.588. The highest BCUT2D eigenvalue weighted by Crippen LogP contribution is 2.19. The zero-order valence-corrected chi connectivity index (χ0v) is 14.2. The van der Waals surface area contributed by atoms with Crippen molar-refractivity contribution in [3.63, 3.8) is 0 Å². The summed E-state index contributed by atoms with van der Waals surface area (Å²) in [6.07, 6.45) is 0. The van der Waals surface area contributed by atoms with Gasteiger partial charge in [0, 0.05) is 38.9 Å². The van der Waals surface area contributed by atoms with E-state index in [1.54, 1.807) is 7.05 Å². The van der Waals surface area contributed by atoms with Crippen LogP contribution in [0, 0.1) is 12.8 Å². The van der Waals surface area contributed by atoms with Crippen LogP contribution in [0.5, 0.6) is 0 Å². The van der Waals surface area contributed by atoms with Crippen molar-refractivity contribution in [1.29, 1.82) is 0 Å². The highest BCUT2D eigenvalue weighted by atomic mass is 16.1. The Morgan fingerprint density at radius 1 is 1.29 bits per heavy atom. The van der Waals surface area contributed by atoms with E-state index in [1.165, 1.54) is 11.1 Å². The van der Waals surface area contributed by atoms with Gasteiger partial charge >= 0.3 is 0 Å². The molecule has 0 bridgehead atoms. The van der Waals surface area contributed by atoms with Crippen molar-refractivity contribution < 1.29 is 4.79 Å². The van der Waals surface area contributed by atoms with E-state index in [1.807, 2.05) is 14.0 Å². The average molecular weight is 291 g/mol. The number of nitrogens with zero attached hydrogens (tertiary/aromatic N) is 1. The Hall–Kier alpha value is -1.55. The molecule has 0 aliphatic heterocycles. The van der Waals surface area contributed by atoms with E-state index in [4.69, 9.17) is 0 Å². The van der Waals surface area contributed by atoms with Gasteiger partial charge in [-0.3, -0.25) is 4.79 Å². The molecule has 2 N–H and O–H groups in total. The summed E-state index contributed by atoms with van der Waals surface area (Å²) in [6.45, 7) is 9.99. The number of aryl methyl sites for hydroxylation is 1. The topological polar surface area (TPSA) is 44.4 Å². The molecule has 4 heteroatoms. The number of hydrogen-bond acceptors (Lipinski definition) is 3. The Kier molecular flexibility index (Phi) is 6.69. The lowest BCUT2D eigenvalue weighted by atomic mass is 10.1. The molecule has 0 radical (unpaired) electrons. The smallest absolute Gasteiger partial charge is 0.224 e. The Labute approximate surface area is 128 Å². The van der Waals surface area contributed by atoms with Gasteiger partial charge in [0.05, 0.1) is 5.92 Å². The summed E-state index contributed by atoms with van der Waals surface area (Å²) in [5.74, 6) is 0.0546. The number of nitrogens with one attached hydrogen (secondary N) is 2. The molecule has 0 fully saturated rings. The number of amides is 1. The van der Waals surface area contributed by atoms with Gasteiger partial charge in [-0.25, -0.2) is 0 Å². The van der Waals surface area contributed by atoms with Crippen LogP contribution in [0.25, 0.3) is 0 Å². The van der Waals surface area contributed by atoms with Crippen LogP contribution in [0.3, 0.4) is 0 Å². The first-order valence-electron chi connectivity index (χ1n) is 7.60. The molecule has 0 aliphatic rings. The molecular weight excluding hydrogens is 262 g/mol. The lowest BCUT2D eigenvalue weighted by molar-refractivity contribution is -0.123. The monoisotopic (exact) mass is 291 g/mol. The van der Waals surface area contributed by atoms with E-state index in [-0.39, 0.29) is 11.8 Å². The van der Waals surface area contributed by atoms with Crippen molar-refractivity contribution in [1.82, 2.24) is 10.6 Å². The van der Waals surface area contributed by atoms with Gasteiger partial charge in [0.15, 0.2) is 0 Å². The van der Waals surface area contributed by atoms with Crippen LogP contribution in [0.15, 0.2) is 18.2 Å². The maximum Gasteiger partial charge on any atom is 0.224 e. The van der Waals surface area contributed by atoms with Crippen LogP contribution in [-0.4, -0.2) is 32.6 Å². The Balaban J connectivity index is 2.71. The highest BCUT2D eigenvalue weighted by molar-refractivity contribution is 5.78. The predicted molar refractivity (Wildman–Crippen MR) is 89.7 cm³/mol. The summed E-state index contributed by atoms with van der Waals surface area (Å²) in [6, 6.07) is 6.97. The quantitative estimate of drug-likeness (QED) is 0.810. The van der Waals surface area contributed by atoms with Crippen molar-refractivity contribution in [3.05, 3.63) is 29.3 Å². The van der Waals surface area contributed by atoms with Crippen LogP contribution in [0.4, 0.5) is 5.69 Å². The van der Waals surface area contributed by atoms with Crippen molar-refractivity contribution in [2.24, 2.45) is 5.92 Å².